The molecule has 1 aromatic carbocycles. The van der Waals surface area contributed by atoms with E-state index in [1.807, 2.05) is 6.07 Å². The van der Waals surface area contributed by atoms with Gasteiger partial charge in [-0.1, -0.05) is 35.2 Å². The Hall–Kier alpha value is -1.11. The molecule has 0 aromatic heterocycles. The van der Waals surface area contributed by atoms with E-state index in [1.165, 1.54) is 18.7 Å². The molecule has 2 nitrogen and oxygen atoms in total. The van der Waals surface area contributed by atoms with Gasteiger partial charge in [-0.15, -0.1) is 0 Å². The molecule has 4 heteroatoms. The Morgan fingerprint density at radius 3 is 2.88 bits per heavy atom. The van der Waals surface area contributed by atoms with E-state index in [-0.39, 0.29) is 5.12 Å². The Morgan fingerprint density at radius 2 is 2.31 bits per heavy atom. The maximum atomic E-state index is 10.7. The predicted octanol–water partition coefficient (Wildman–Crippen LogP) is 2.98. The summed E-state index contributed by atoms with van der Waals surface area (Å²) in [7, 11) is 1.57. The molecule has 1 aromatic rings. The van der Waals surface area contributed by atoms with E-state index in [2.05, 4.69) is 11.8 Å². The summed E-state index contributed by atoms with van der Waals surface area (Å²) in [4.78, 5) is 10.7. The molecule has 0 bridgehead atoms. The lowest BCUT2D eigenvalue weighted by Gasteiger charge is -2.01. The van der Waals surface area contributed by atoms with Gasteiger partial charge in [-0.3, -0.25) is 4.79 Å². The molecule has 0 saturated carbocycles. The standard InChI is InChI=1S/C12H11ClO2S/c1-9(14)16-7-3-4-10-5-6-12(15-2)11(13)8-10/h5-6,8H,7H2,1-2H3. The molecule has 0 fully saturated rings. The van der Waals surface area contributed by atoms with Crippen molar-refractivity contribution in [3.63, 3.8) is 0 Å². The molecule has 0 aliphatic heterocycles. The zero-order chi connectivity index (χ0) is 12.0. The van der Waals surface area contributed by atoms with Crippen LogP contribution in [0.3, 0.4) is 0 Å². The van der Waals surface area contributed by atoms with Gasteiger partial charge in [0.05, 0.1) is 17.9 Å². The number of hydrogen-bond donors (Lipinski definition) is 0. The molecule has 0 saturated heterocycles. The van der Waals surface area contributed by atoms with Crippen molar-refractivity contribution in [2.24, 2.45) is 0 Å². The van der Waals surface area contributed by atoms with Crippen LogP contribution < -0.4 is 4.74 Å². The Kier molecular flexibility index (Phi) is 5.24. The van der Waals surface area contributed by atoms with E-state index in [9.17, 15) is 4.79 Å². The highest BCUT2D eigenvalue weighted by molar-refractivity contribution is 8.13. The van der Waals surface area contributed by atoms with Gasteiger partial charge in [-0.2, -0.15) is 0 Å². The minimum absolute atomic E-state index is 0.0714. The van der Waals surface area contributed by atoms with Gasteiger partial charge in [0.1, 0.15) is 5.75 Å². The molecular formula is C12H11ClO2S. The summed E-state index contributed by atoms with van der Waals surface area (Å²) in [6.45, 7) is 1.52. The molecule has 1 rings (SSSR count). The molecule has 84 valence electrons. The largest absolute Gasteiger partial charge is 0.495 e. The minimum atomic E-state index is 0.0714. The fourth-order valence-corrected chi connectivity index (χ4v) is 1.63. The molecule has 0 atom stereocenters. The average molecular weight is 255 g/mol. The molecule has 0 aliphatic rings. The molecule has 0 radical (unpaired) electrons. The molecule has 0 aliphatic carbocycles. The van der Waals surface area contributed by atoms with Gasteiger partial charge in [0, 0.05) is 12.5 Å². The van der Waals surface area contributed by atoms with Crippen molar-refractivity contribution in [3.8, 4) is 17.6 Å². The highest BCUT2D eigenvalue weighted by Gasteiger charge is 1.99. The fourth-order valence-electron chi connectivity index (χ4n) is 1.02. The molecule has 16 heavy (non-hydrogen) atoms. The van der Waals surface area contributed by atoms with Crippen molar-refractivity contribution in [2.75, 3.05) is 12.9 Å². The summed E-state index contributed by atoms with van der Waals surface area (Å²) in [6, 6.07) is 5.34. The second kappa shape index (κ2) is 6.47. The van der Waals surface area contributed by atoms with Gasteiger partial charge in [-0.25, -0.2) is 0 Å². The summed E-state index contributed by atoms with van der Waals surface area (Å²) in [5.41, 5.74) is 0.815. The van der Waals surface area contributed by atoms with E-state index in [1.54, 1.807) is 19.2 Å². The van der Waals surface area contributed by atoms with Crippen LogP contribution in [0, 0.1) is 11.8 Å². The smallest absolute Gasteiger partial charge is 0.186 e. The van der Waals surface area contributed by atoms with Gasteiger partial charge >= 0.3 is 0 Å². The number of hydrogen-bond acceptors (Lipinski definition) is 3. The van der Waals surface area contributed by atoms with Crippen molar-refractivity contribution in [2.45, 2.75) is 6.92 Å². The predicted molar refractivity (Wildman–Crippen MR) is 68.0 cm³/mol. The van der Waals surface area contributed by atoms with Crippen LogP contribution in [0.15, 0.2) is 18.2 Å². The minimum Gasteiger partial charge on any atom is -0.495 e. The Balaban J connectivity index is 2.67. The normalized spacial score (nSPS) is 9.19. The zero-order valence-corrected chi connectivity index (χ0v) is 10.6. The van der Waals surface area contributed by atoms with Gasteiger partial charge in [0.2, 0.25) is 0 Å². The van der Waals surface area contributed by atoms with Crippen LogP contribution >= 0.6 is 23.4 Å². The zero-order valence-electron chi connectivity index (χ0n) is 9.04. The molecule has 0 N–H and O–H groups in total. The van der Waals surface area contributed by atoms with E-state index >= 15 is 0 Å². The molecule has 0 unspecified atom stereocenters. The maximum absolute atomic E-state index is 10.7. The first kappa shape index (κ1) is 13.0. The monoisotopic (exact) mass is 254 g/mol. The molecular weight excluding hydrogens is 244 g/mol. The lowest BCUT2D eigenvalue weighted by molar-refractivity contribution is -0.109. The third-order valence-corrected chi connectivity index (χ3v) is 2.72. The van der Waals surface area contributed by atoms with Crippen molar-refractivity contribution in [1.29, 1.82) is 0 Å². The Bertz CT molecular complexity index is 446. The summed E-state index contributed by atoms with van der Waals surface area (Å²) in [6.07, 6.45) is 0. The summed E-state index contributed by atoms with van der Waals surface area (Å²) >= 11 is 7.13. The van der Waals surface area contributed by atoms with E-state index < -0.39 is 0 Å². The van der Waals surface area contributed by atoms with Gasteiger partial charge in [0.15, 0.2) is 5.12 Å². The summed E-state index contributed by atoms with van der Waals surface area (Å²) < 4.78 is 5.03. The first-order valence-corrected chi connectivity index (χ1v) is 5.95. The van der Waals surface area contributed by atoms with Gasteiger partial charge in [0.25, 0.3) is 0 Å². The van der Waals surface area contributed by atoms with Crippen LogP contribution in [0.5, 0.6) is 5.75 Å². The summed E-state index contributed by atoms with van der Waals surface area (Å²) in [5, 5.41) is 0.607. The second-order valence-electron chi connectivity index (χ2n) is 2.93. The molecule has 0 heterocycles. The van der Waals surface area contributed by atoms with Crippen LogP contribution in [0.1, 0.15) is 12.5 Å². The second-order valence-corrected chi connectivity index (χ2v) is 4.49. The quantitative estimate of drug-likeness (QED) is 0.759. The Labute approximate surface area is 104 Å². The number of carbonyl (C=O) groups is 1. The number of thioether (sulfide) groups is 1. The first-order chi connectivity index (χ1) is 7.63. The third-order valence-electron chi connectivity index (χ3n) is 1.73. The van der Waals surface area contributed by atoms with E-state index in [4.69, 9.17) is 16.3 Å². The van der Waals surface area contributed by atoms with Crippen LogP contribution in [0.25, 0.3) is 0 Å². The number of ether oxygens (including phenoxy) is 1. The highest BCUT2D eigenvalue weighted by atomic mass is 35.5. The topological polar surface area (TPSA) is 26.3 Å². The van der Waals surface area contributed by atoms with E-state index in [0.29, 0.717) is 16.5 Å². The average Bonchev–Trinajstić information content (AvgIpc) is 2.24. The highest BCUT2D eigenvalue weighted by Crippen LogP contribution is 2.24. The first-order valence-electron chi connectivity index (χ1n) is 4.59. The molecule has 0 amide bonds. The lowest BCUT2D eigenvalue weighted by Crippen LogP contribution is -1.85. The fraction of sp³-hybridized carbons (Fsp3) is 0.250. The summed E-state index contributed by atoms with van der Waals surface area (Å²) in [5.74, 6) is 6.95. The van der Waals surface area contributed by atoms with Crippen LogP contribution in [-0.2, 0) is 4.79 Å². The number of benzene rings is 1. The van der Waals surface area contributed by atoms with Crippen molar-refractivity contribution < 1.29 is 9.53 Å². The van der Waals surface area contributed by atoms with Crippen molar-refractivity contribution >= 4 is 28.5 Å². The van der Waals surface area contributed by atoms with Gasteiger partial charge in [-0.05, 0) is 18.2 Å². The van der Waals surface area contributed by atoms with Crippen LogP contribution in [-0.4, -0.2) is 18.0 Å². The third kappa shape index (κ3) is 4.18. The van der Waals surface area contributed by atoms with E-state index in [0.717, 1.165) is 5.56 Å². The number of halogens is 1. The lowest BCUT2D eigenvalue weighted by atomic mass is 10.2. The number of rotatable bonds is 2. The van der Waals surface area contributed by atoms with Crippen LogP contribution in [0.4, 0.5) is 0 Å². The van der Waals surface area contributed by atoms with Crippen molar-refractivity contribution in [1.82, 2.24) is 0 Å². The number of carbonyl (C=O) groups excluding carboxylic acids is 1. The Morgan fingerprint density at radius 1 is 1.56 bits per heavy atom. The van der Waals surface area contributed by atoms with Crippen LogP contribution in [0.2, 0.25) is 5.02 Å². The van der Waals surface area contributed by atoms with Gasteiger partial charge < -0.3 is 4.74 Å². The van der Waals surface area contributed by atoms with Crippen molar-refractivity contribution in [3.05, 3.63) is 28.8 Å². The number of methoxy groups -OCH3 is 1. The SMILES string of the molecule is COc1ccc(C#CCSC(C)=O)cc1Cl. The maximum Gasteiger partial charge on any atom is 0.186 e. The molecule has 0 spiro atoms.